The van der Waals surface area contributed by atoms with Crippen LogP contribution in [0.3, 0.4) is 0 Å². The molecule has 0 radical (unpaired) electrons. The van der Waals surface area contributed by atoms with Crippen molar-refractivity contribution in [3.05, 3.63) is 24.0 Å². The van der Waals surface area contributed by atoms with Crippen molar-refractivity contribution in [1.29, 1.82) is 0 Å². The zero-order valence-electron chi connectivity index (χ0n) is 10.1. The fourth-order valence-electron chi connectivity index (χ4n) is 2.92. The van der Waals surface area contributed by atoms with E-state index in [9.17, 15) is 4.39 Å². The lowest BCUT2D eigenvalue weighted by Gasteiger charge is -2.47. The number of anilines is 2. The molecule has 2 heterocycles. The molecule has 17 heavy (non-hydrogen) atoms. The Bertz CT molecular complexity index is 421. The highest BCUT2D eigenvalue weighted by atomic mass is 19.1. The molecule has 2 aliphatic rings. The summed E-state index contributed by atoms with van der Waals surface area (Å²) in [5, 5.41) is 3.41. The van der Waals surface area contributed by atoms with Crippen LogP contribution >= 0.6 is 0 Å². The first-order valence-electron chi connectivity index (χ1n) is 6.32. The number of nitrogens with one attached hydrogen (secondary N) is 1. The standard InChI is InChI=1S/C13H18FN3/c1-2-16-9-10-8-15-6-7-17(10)12-5-3-4-11(14)13(12)16/h3-5,10,15H,2,6-9H2,1H3. The molecule has 0 aliphatic carbocycles. The molecule has 1 saturated heterocycles. The van der Waals surface area contributed by atoms with Crippen LogP contribution in [0.25, 0.3) is 0 Å². The molecule has 3 nitrogen and oxygen atoms in total. The minimum Gasteiger partial charge on any atom is -0.366 e. The summed E-state index contributed by atoms with van der Waals surface area (Å²) in [6, 6.07) is 5.88. The van der Waals surface area contributed by atoms with Crippen molar-refractivity contribution >= 4 is 11.4 Å². The number of halogens is 1. The Kier molecular flexibility index (Phi) is 2.67. The van der Waals surface area contributed by atoms with Crippen molar-refractivity contribution in [2.24, 2.45) is 0 Å². The monoisotopic (exact) mass is 235 g/mol. The highest BCUT2D eigenvalue weighted by Gasteiger charge is 2.33. The van der Waals surface area contributed by atoms with Crippen molar-refractivity contribution < 1.29 is 4.39 Å². The lowest BCUT2D eigenvalue weighted by molar-refractivity contribution is 0.456. The number of benzene rings is 1. The molecule has 0 spiro atoms. The Morgan fingerprint density at radius 3 is 3.18 bits per heavy atom. The van der Waals surface area contributed by atoms with Gasteiger partial charge in [-0.3, -0.25) is 0 Å². The molecule has 1 fully saturated rings. The van der Waals surface area contributed by atoms with Gasteiger partial charge >= 0.3 is 0 Å². The van der Waals surface area contributed by atoms with E-state index in [0.717, 1.165) is 44.1 Å². The molecule has 4 heteroatoms. The Balaban J connectivity index is 2.07. The van der Waals surface area contributed by atoms with Crippen LogP contribution in [0.2, 0.25) is 0 Å². The Labute approximate surface area is 101 Å². The van der Waals surface area contributed by atoms with Crippen molar-refractivity contribution in [3.8, 4) is 0 Å². The fourth-order valence-corrected chi connectivity index (χ4v) is 2.92. The molecule has 1 N–H and O–H groups in total. The first-order chi connectivity index (χ1) is 8.31. The number of para-hydroxylation sites is 1. The molecule has 1 atom stereocenters. The molecule has 0 amide bonds. The smallest absolute Gasteiger partial charge is 0.148 e. The van der Waals surface area contributed by atoms with Crippen molar-refractivity contribution in [2.75, 3.05) is 42.5 Å². The topological polar surface area (TPSA) is 18.5 Å². The van der Waals surface area contributed by atoms with Gasteiger partial charge in [-0.15, -0.1) is 0 Å². The molecule has 0 bridgehead atoms. The SMILES string of the molecule is CCN1CC2CNCCN2c2cccc(F)c21. The van der Waals surface area contributed by atoms with E-state index in [0.29, 0.717) is 6.04 Å². The lowest BCUT2D eigenvalue weighted by Crippen LogP contribution is -2.59. The minimum absolute atomic E-state index is 0.0960. The van der Waals surface area contributed by atoms with Crippen LogP contribution < -0.4 is 15.1 Å². The number of piperazine rings is 1. The first-order valence-corrected chi connectivity index (χ1v) is 6.32. The summed E-state index contributed by atoms with van der Waals surface area (Å²) in [6.45, 7) is 6.81. The number of fused-ring (bicyclic) bond motifs is 3. The number of hydrogen-bond acceptors (Lipinski definition) is 3. The summed E-state index contributed by atoms with van der Waals surface area (Å²) in [6.07, 6.45) is 0. The van der Waals surface area contributed by atoms with Gasteiger partial charge in [-0.05, 0) is 19.1 Å². The second-order valence-electron chi connectivity index (χ2n) is 4.70. The molecular formula is C13H18FN3. The van der Waals surface area contributed by atoms with Crippen LogP contribution in [0.15, 0.2) is 18.2 Å². The molecule has 1 aromatic carbocycles. The molecule has 1 aromatic rings. The average molecular weight is 235 g/mol. The normalized spacial score (nSPS) is 23.3. The van der Waals surface area contributed by atoms with Crippen LogP contribution in [-0.4, -0.2) is 38.8 Å². The third-order valence-corrected chi connectivity index (χ3v) is 3.75. The Morgan fingerprint density at radius 1 is 1.47 bits per heavy atom. The van der Waals surface area contributed by atoms with E-state index in [-0.39, 0.29) is 5.82 Å². The van der Waals surface area contributed by atoms with Crippen LogP contribution in [0.1, 0.15) is 6.92 Å². The molecular weight excluding hydrogens is 217 g/mol. The van der Waals surface area contributed by atoms with Crippen molar-refractivity contribution in [1.82, 2.24) is 5.32 Å². The van der Waals surface area contributed by atoms with Gasteiger partial charge in [0.05, 0.1) is 17.4 Å². The van der Waals surface area contributed by atoms with E-state index in [1.165, 1.54) is 0 Å². The van der Waals surface area contributed by atoms with Crippen LogP contribution in [0, 0.1) is 5.82 Å². The summed E-state index contributed by atoms with van der Waals surface area (Å²) in [4.78, 5) is 4.50. The molecule has 1 unspecified atom stereocenters. The number of nitrogens with zero attached hydrogens (tertiary/aromatic N) is 2. The minimum atomic E-state index is -0.0960. The maximum absolute atomic E-state index is 14.0. The van der Waals surface area contributed by atoms with E-state index < -0.39 is 0 Å². The summed E-state index contributed by atoms with van der Waals surface area (Å²) >= 11 is 0. The van der Waals surface area contributed by atoms with Gasteiger partial charge in [-0.25, -0.2) is 4.39 Å². The van der Waals surface area contributed by atoms with Gasteiger partial charge in [0.25, 0.3) is 0 Å². The van der Waals surface area contributed by atoms with E-state index in [1.54, 1.807) is 6.07 Å². The lowest BCUT2D eigenvalue weighted by atomic mass is 10.0. The summed E-state index contributed by atoms with van der Waals surface area (Å²) in [7, 11) is 0. The largest absolute Gasteiger partial charge is 0.366 e. The Hall–Kier alpha value is -1.29. The maximum Gasteiger partial charge on any atom is 0.148 e. The van der Waals surface area contributed by atoms with Crippen LogP contribution in [0.4, 0.5) is 15.8 Å². The molecule has 92 valence electrons. The fraction of sp³-hybridized carbons (Fsp3) is 0.538. The van der Waals surface area contributed by atoms with E-state index in [4.69, 9.17) is 0 Å². The average Bonchev–Trinajstić information content (AvgIpc) is 2.38. The first kappa shape index (κ1) is 10.8. The second kappa shape index (κ2) is 4.18. The summed E-state index contributed by atoms with van der Waals surface area (Å²) < 4.78 is 14.0. The predicted octanol–water partition coefficient (Wildman–Crippen LogP) is 1.44. The van der Waals surface area contributed by atoms with Gasteiger partial charge in [0.15, 0.2) is 0 Å². The van der Waals surface area contributed by atoms with E-state index in [2.05, 4.69) is 22.0 Å². The molecule has 0 saturated carbocycles. The maximum atomic E-state index is 14.0. The predicted molar refractivity (Wildman–Crippen MR) is 68.3 cm³/mol. The highest BCUT2D eigenvalue weighted by molar-refractivity contribution is 5.75. The van der Waals surface area contributed by atoms with Gasteiger partial charge in [-0.2, -0.15) is 0 Å². The van der Waals surface area contributed by atoms with Crippen molar-refractivity contribution in [2.45, 2.75) is 13.0 Å². The third-order valence-electron chi connectivity index (χ3n) is 3.75. The zero-order chi connectivity index (χ0) is 11.8. The van der Waals surface area contributed by atoms with Crippen LogP contribution in [0.5, 0.6) is 0 Å². The molecule has 3 rings (SSSR count). The Morgan fingerprint density at radius 2 is 2.35 bits per heavy atom. The third kappa shape index (κ3) is 1.67. The second-order valence-corrected chi connectivity index (χ2v) is 4.70. The van der Waals surface area contributed by atoms with Gasteiger partial charge < -0.3 is 15.1 Å². The molecule has 2 aliphatic heterocycles. The van der Waals surface area contributed by atoms with Gasteiger partial charge in [0.1, 0.15) is 5.82 Å². The van der Waals surface area contributed by atoms with Crippen LogP contribution in [-0.2, 0) is 0 Å². The quantitative estimate of drug-likeness (QED) is 0.794. The van der Waals surface area contributed by atoms with Gasteiger partial charge in [0.2, 0.25) is 0 Å². The van der Waals surface area contributed by atoms with Gasteiger partial charge in [-0.1, -0.05) is 6.07 Å². The van der Waals surface area contributed by atoms with Crippen molar-refractivity contribution in [3.63, 3.8) is 0 Å². The number of likely N-dealkylation sites (N-methyl/N-ethyl adjacent to an activating group) is 1. The highest BCUT2D eigenvalue weighted by Crippen LogP contribution is 2.37. The van der Waals surface area contributed by atoms with E-state index in [1.807, 2.05) is 12.1 Å². The van der Waals surface area contributed by atoms with E-state index >= 15 is 0 Å². The zero-order valence-corrected chi connectivity index (χ0v) is 10.1. The number of hydrogen-bond donors (Lipinski definition) is 1. The van der Waals surface area contributed by atoms with Gasteiger partial charge in [0, 0.05) is 32.7 Å². The molecule has 0 aromatic heterocycles. The summed E-state index contributed by atoms with van der Waals surface area (Å²) in [5.74, 6) is -0.0960. The number of rotatable bonds is 1. The summed E-state index contributed by atoms with van der Waals surface area (Å²) in [5.41, 5.74) is 1.85.